The molecule has 1 rings (SSSR count). The molecule has 1 aliphatic heterocycles. The van der Waals surface area contributed by atoms with Crippen molar-refractivity contribution in [2.45, 2.75) is 91.8 Å². The molecule has 0 aromatic heterocycles. The van der Waals surface area contributed by atoms with E-state index in [-0.39, 0.29) is 28.1 Å². The Hall–Kier alpha value is -0.613. The van der Waals surface area contributed by atoms with E-state index in [9.17, 15) is 4.79 Å². The number of carbonyl (C=O) groups excluding carboxylic acids is 1. The van der Waals surface area contributed by atoms with Crippen LogP contribution in [-0.4, -0.2) is 20.6 Å². The van der Waals surface area contributed by atoms with Crippen molar-refractivity contribution in [3.63, 3.8) is 0 Å². The van der Waals surface area contributed by atoms with Crippen molar-refractivity contribution < 1.29 is 13.6 Å². The molecule has 0 amide bonds. The van der Waals surface area contributed by atoms with Gasteiger partial charge in [0.05, 0.1) is 12.5 Å². The first-order chi connectivity index (χ1) is 10.2. The van der Waals surface area contributed by atoms with Gasteiger partial charge in [-0.3, -0.25) is 4.79 Å². The maximum atomic E-state index is 12.5. The predicted octanol–water partition coefficient (Wildman–Crippen LogP) is 5.60. The van der Waals surface area contributed by atoms with E-state index < -0.39 is 8.56 Å². The summed E-state index contributed by atoms with van der Waals surface area (Å²) in [7, 11) is -2.84. The van der Waals surface area contributed by atoms with Gasteiger partial charge in [-0.25, -0.2) is 0 Å². The zero-order valence-electron chi connectivity index (χ0n) is 16.7. The Balaban J connectivity index is 3.53. The molecular formula is C19H36O3Si. The van der Waals surface area contributed by atoms with Crippen molar-refractivity contribution >= 4 is 14.5 Å². The van der Waals surface area contributed by atoms with Gasteiger partial charge in [0, 0.05) is 16.0 Å². The molecule has 0 fully saturated rings. The van der Waals surface area contributed by atoms with Crippen LogP contribution in [0.1, 0.15) is 75.7 Å². The second-order valence-electron chi connectivity index (χ2n) is 9.36. The number of rotatable bonds is 1. The summed E-state index contributed by atoms with van der Waals surface area (Å²) < 4.78 is 13.1. The van der Waals surface area contributed by atoms with Crippen LogP contribution in [0.2, 0.25) is 10.1 Å². The van der Waals surface area contributed by atoms with Gasteiger partial charge < -0.3 is 8.85 Å². The fourth-order valence-electron chi connectivity index (χ4n) is 3.71. The molecule has 0 aliphatic carbocycles. The largest absolute Gasteiger partial charge is 0.493 e. The second-order valence-corrected chi connectivity index (χ2v) is 14.0. The summed E-state index contributed by atoms with van der Waals surface area (Å²) in [6.07, 6.45) is 2.41. The maximum Gasteiger partial charge on any atom is 0.412 e. The third kappa shape index (κ3) is 4.08. The summed E-state index contributed by atoms with van der Waals surface area (Å²) in [6, 6.07) is 0. The lowest BCUT2D eigenvalue weighted by molar-refractivity contribution is -0.137. The fraction of sp³-hybridized carbons (Fsp3) is 0.842. The highest BCUT2D eigenvalue weighted by molar-refractivity contribution is 6.74. The molecule has 0 unspecified atom stereocenters. The molecule has 0 saturated heterocycles. The summed E-state index contributed by atoms with van der Waals surface area (Å²) in [6.45, 7) is 21.6. The summed E-state index contributed by atoms with van der Waals surface area (Å²) in [5, 5.41) is -0.405. The minimum atomic E-state index is -2.84. The van der Waals surface area contributed by atoms with Crippen LogP contribution < -0.4 is 0 Å². The summed E-state index contributed by atoms with van der Waals surface area (Å²) in [5.41, 5.74) is 1.22. The third-order valence-corrected chi connectivity index (χ3v) is 10.1. The second kappa shape index (κ2) is 6.71. The van der Waals surface area contributed by atoms with Crippen molar-refractivity contribution in [2.75, 3.05) is 0 Å². The topological polar surface area (TPSA) is 35.5 Å². The lowest BCUT2D eigenvalue weighted by Crippen LogP contribution is -2.60. The van der Waals surface area contributed by atoms with Gasteiger partial charge in [-0.05, 0) is 12.8 Å². The molecule has 0 spiro atoms. The van der Waals surface area contributed by atoms with E-state index in [1.54, 1.807) is 0 Å². The first-order valence-electron chi connectivity index (χ1n) is 8.79. The van der Waals surface area contributed by atoms with E-state index in [0.717, 1.165) is 0 Å². The smallest absolute Gasteiger partial charge is 0.412 e. The van der Waals surface area contributed by atoms with E-state index in [1.165, 1.54) is 5.57 Å². The Kier molecular flexibility index (Phi) is 5.96. The Labute approximate surface area is 144 Å². The van der Waals surface area contributed by atoms with Crippen molar-refractivity contribution in [3.8, 4) is 0 Å². The van der Waals surface area contributed by atoms with Crippen molar-refractivity contribution in [1.29, 1.82) is 0 Å². The van der Waals surface area contributed by atoms with Gasteiger partial charge >= 0.3 is 8.56 Å². The molecule has 3 nitrogen and oxygen atoms in total. The Morgan fingerprint density at radius 1 is 1.13 bits per heavy atom. The van der Waals surface area contributed by atoms with Gasteiger partial charge in [-0.2, -0.15) is 0 Å². The molecule has 0 aromatic rings. The number of hydrogen-bond acceptors (Lipinski definition) is 3. The van der Waals surface area contributed by atoms with Crippen LogP contribution in [0.15, 0.2) is 11.6 Å². The van der Waals surface area contributed by atoms with Gasteiger partial charge in [-0.15, -0.1) is 0 Å². The molecule has 1 heterocycles. The standard InChI is InChI=1S/C19H36O3Si/c1-13(2)17-15(4)14(3)11-12-16(20)21-23(22-17,18(5,6)7)19(8,9)10/h11,13,15,17H,12H2,1-10H3/b14-11+/t15-,17+/m0/s1. The van der Waals surface area contributed by atoms with E-state index in [4.69, 9.17) is 8.85 Å². The maximum absolute atomic E-state index is 12.5. The quantitative estimate of drug-likeness (QED) is 0.460. The lowest BCUT2D eigenvalue weighted by atomic mass is 9.89. The average molecular weight is 341 g/mol. The average Bonchev–Trinajstić information content (AvgIpc) is 2.40. The molecule has 134 valence electrons. The van der Waals surface area contributed by atoms with Gasteiger partial charge in [0.2, 0.25) is 0 Å². The monoisotopic (exact) mass is 340 g/mol. The highest BCUT2D eigenvalue weighted by Crippen LogP contribution is 2.54. The van der Waals surface area contributed by atoms with Crippen LogP contribution in [0.4, 0.5) is 0 Å². The molecule has 0 saturated carbocycles. The summed E-state index contributed by atoms with van der Waals surface area (Å²) in [5.74, 6) is 0.486. The summed E-state index contributed by atoms with van der Waals surface area (Å²) in [4.78, 5) is 12.5. The van der Waals surface area contributed by atoms with Gasteiger partial charge in [0.25, 0.3) is 5.97 Å². The Morgan fingerprint density at radius 3 is 2.00 bits per heavy atom. The van der Waals surface area contributed by atoms with Crippen LogP contribution in [-0.2, 0) is 13.6 Å². The van der Waals surface area contributed by atoms with Gasteiger partial charge in [0.1, 0.15) is 0 Å². The van der Waals surface area contributed by atoms with Crippen LogP contribution in [0.3, 0.4) is 0 Å². The SMILES string of the molecule is C/C1=C\CC(=O)O[Si](C(C)(C)C)(C(C)(C)C)O[C@H](C(C)C)[C@H]1C. The molecule has 2 atom stereocenters. The minimum Gasteiger partial charge on any atom is -0.493 e. The normalized spacial score (nSPS) is 29.2. The molecular weight excluding hydrogens is 304 g/mol. The van der Waals surface area contributed by atoms with E-state index in [2.05, 4.69) is 69.2 Å². The van der Waals surface area contributed by atoms with E-state index >= 15 is 0 Å². The highest BCUT2D eigenvalue weighted by Gasteiger charge is 2.62. The minimum absolute atomic E-state index is 0.0577. The first kappa shape index (κ1) is 20.4. The summed E-state index contributed by atoms with van der Waals surface area (Å²) >= 11 is 0. The van der Waals surface area contributed by atoms with E-state index in [0.29, 0.717) is 12.3 Å². The van der Waals surface area contributed by atoms with Crippen molar-refractivity contribution in [1.82, 2.24) is 0 Å². The number of hydrogen-bond donors (Lipinski definition) is 0. The fourth-order valence-corrected chi connectivity index (χ4v) is 8.59. The van der Waals surface area contributed by atoms with Gasteiger partial charge in [-0.1, -0.05) is 74.0 Å². The number of carbonyl (C=O) groups is 1. The molecule has 0 bridgehead atoms. The van der Waals surface area contributed by atoms with Crippen LogP contribution in [0.5, 0.6) is 0 Å². The Morgan fingerprint density at radius 2 is 1.61 bits per heavy atom. The predicted molar refractivity (Wildman–Crippen MR) is 98.5 cm³/mol. The third-order valence-electron chi connectivity index (χ3n) is 4.99. The highest BCUT2D eigenvalue weighted by atomic mass is 28.4. The molecule has 1 aliphatic rings. The zero-order chi connectivity index (χ0) is 18.2. The zero-order valence-corrected chi connectivity index (χ0v) is 17.7. The molecule has 0 N–H and O–H groups in total. The van der Waals surface area contributed by atoms with Crippen LogP contribution >= 0.6 is 0 Å². The molecule has 23 heavy (non-hydrogen) atoms. The first-order valence-corrected chi connectivity index (χ1v) is 10.6. The molecule has 0 aromatic carbocycles. The van der Waals surface area contributed by atoms with Crippen LogP contribution in [0.25, 0.3) is 0 Å². The van der Waals surface area contributed by atoms with Crippen molar-refractivity contribution in [2.24, 2.45) is 11.8 Å². The lowest BCUT2D eigenvalue weighted by Gasteiger charge is -2.50. The molecule has 4 heteroatoms. The van der Waals surface area contributed by atoms with Crippen molar-refractivity contribution in [3.05, 3.63) is 11.6 Å². The molecule has 0 radical (unpaired) electrons. The Bertz CT molecular complexity index is 452. The van der Waals surface area contributed by atoms with E-state index in [1.807, 2.05) is 6.08 Å². The van der Waals surface area contributed by atoms with Crippen LogP contribution in [0, 0.1) is 11.8 Å². The van der Waals surface area contributed by atoms with Gasteiger partial charge in [0.15, 0.2) is 0 Å².